The van der Waals surface area contributed by atoms with E-state index in [-0.39, 0.29) is 17.0 Å². The van der Waals surface area contributed by atoms with Gasteiger partial charge in [-0.05, 0) is 25.6 Å². The quantitative estimate of drug-likeness (QED) is 0.253. The van der Waals surface area contributed by atoms with Gasteiger partial charge in [0.25, 0.3) is 0 Å². The third-order valence-electron chi connectivity index (χ3n) is 4.93. The van der Waals surface area contributed by atoms with Gasteiger partial charge in [0.15, 0.2) is 0 Å². The molecule has 0 N–H and O–H groups in total. The molecule has 0 saturated carbocycles. The number of rotatable bonds is 15. The second-order valence-corrected chi connectivity index (χ2v) is 7.42. The zero-order chi connectivity index (χ0) is 16.6. The third kappa shape index (κ3) is 14.1. The first-order chi connectivity index (χ1) is 11.3. The second kappa shape index (κ2) is 17.6. The van der Waals surface area contributed by atoms with Crippen LogP contribution in [0.25, 0.3) is 0 Å². The van der Waals surface area contributed by atoms with Crippen molar-refractivity contribution in [2.24, 2.45) is 0 Å². The van der Waals surface area contributed by atoms with Crippen LogP contribution in [0, 0.1) is 0 Å². The fraction of sp³-hybridized carbons (Fsp3) is 0.818. The minimum atomic E-state index is 0. The fourth-order valence-electron chi connectivity index (χ4n) is 3.42. The molecule has 0 atom stereocenters. The maximum atomic E-state index is 2.45. The molecule has 0 aromatic rings. The lowest BCUT2D eigenvalue weighted by molar-refractivity contribution is 0.383. The van der Waals surface area contributed by atoms with Crippen molar-refractivity contribution in [1.82, 2.24) is 4.90 Å². The monoisotopic (exact) mass is 399 g/mol. The van der Waals surface area contributed by atoms with Gasteiger partial charge in [0.2, 0.25) is 0 Å². The normalized spacial score (nSPS) is 13.8. The van der Waals surface area contributed by atoms with Crippen LogP contribution in [0.2, 0.25) is 0 Å². The predicted octanol–water partition coefficient (Wildman–Crippen LogP) is 7.82. The Balaban J connectivity index is 0.00000529. The molecule has 1 aliphatic rings. The highest BCUT2D eigenvalue weighted by molar-refractivity contribution is 8.93. The van der Waals surface area contributed by atoms with Gasteiger partial charge in [-0.15, -0.1) is 17.0 Å². The highest BCUT2D eigenvalue weighted by Crippen LogP contribution is 2.13. The summed E-state index contributed by atoms with van der Waals surface area (Å²) >= 11 is 0. The minimum absolute atomic E-state index is 0. The van der Waals surface area contributed by atoms with E-state index in [1.165, 1.54) is 102 Å². The van der Waals surface area contributed by atoms with Crippen LogP contribution in [0.1, 0.15) is 104 Å². The van der Waals surface area contributed by atoms with Gasteiger partial charge in [-0.2, -0.15) is 0 Å². The van der Waals surface area contributed by atoms with Gasteiger partial charge in [0.1, 0.15) is 0 Å². The Morgan fingerprint density at radius 1 is 0.750 bits per heavy atom. The summed E-state index contributed by atoms with van der Waals surface area (Å²) in [5.74, 6) is 0. The van der Waals surface area contributed by atoms with E-state index in [4.69, 9.17) is 0 Å². The molecular weight excluding hydrogens is 358 g/mol. The molecule has 0 fully saturated rings. The predicted molar refractivity (Wildman–Crippen MR) is 115 cm³/mol. The van der Waals surface area contributed by atoms with Crippen molar-refractivity contribution in [3.05, 3.63) is 23.9 Å². The SMILES string of the molecule is Br.CCCCCCCCCCCCCCCCN1C=CC=C(C)C1. The molecule has 0 spiro atoms. The maximum Gasteiger partial charge on any atom is 0.0383 e. The van der Waals surface area contributed by atoms with E-state index in [2.05, 4.69) is 37.1 Å². The highest BCUT2D eigenvalue weighted by Gasteiger charge is 2.03. The number of nitrogens with zero attached hydrogens (tertiary/aromatic N) is 1. The van der Waals surface area contributed by atoms with E-state index >= 15 is 0 Å². The first kappa shape index (κ1) is 23.8. The molecule has 0 aromatic heterocycles. The van der Waals surface area contributed by atoms with Crippen molar-refractivity contribution in [3.8, 4) is 0 Å². The van der Waals surface area contributed by atoms with E-state index in [0.717, 1.165) is 6.54 Å². The smallest absolute Gasteiger partial charge is 0.0383 e. The first-order valence-electron chi connectivity index (χ1n) is 10.4. The van der Waals surface area contributed by atoms with E-state index in [9.17, 15) is 0 Å². The summed E-state index contributed by atoms with van der Waals surface area (Å²) in [5.41, 5.74) is 1.48. The molecule has 1 nitrogen and oxygen atoms in total. The molecule has 0 radical (unpaired) electrons. The number of allylic oxidation sites excluding steroid dienone is 2. The van der Waals surface area contributed by atoms with Crippen LogP contribution in [-0.4, -0.2) is 18.0 Å². The minimum Gasteiger partial charge on any atom is -0.373 e. The summed E-state index contributed by atoms with van der Waals surface area (Å²) in [6.45, 7) is 6.89. The van der Waals surface area contributed by atoms with Crippen LogP contribution in [-0.2, 0) is 0 Å². The Bertz CT molecular complexity index is 322. The number of hydrogen-bond acceptors (Lipinski definition) is 1. The van der Waals surface area contributed by atoms with Crippen LogP contribution in [0.4, 0.5) is 0 Å². The van der Waals surface area contributed by atoms with Crippen LogP contribution in [0.15, 0.2) is 23.9 Å². The zero-order valence-corrected chi connectivity index (χ0v) is 18.1. The van der Waals surface area contributed by atoms with Crippen molar-refractivity contribution in [2.75, 3.05) is 13.1 Å². The summed E-state index contributed by atoms with van der Waals surface area (Å²) in [6.07, 6.45) is 26.8. The first-order valence-corrected chi connectivity index (χ1v) is 10.4. The van der Waals surface area contributed by atoms with Crippen molar-refractivity contribution < 1.29 is 0 Å². The van der Waals surface area contributed by atoms with Gasteiger partial charge in [-0.25, -0.2) is 0 Å². The molecule has 1 rings (SSSR count). The average Bonchev–Trinajstić information content (AvgIpc) is 2.55. The molecule has 0 saturated heterocycles. The molecule has 1 heterocycles. The van der Waals surface area contributed by atoms with Gasteiger partial charge < -0.3 is 4.90 Å². The van der Waals surface area contributed by atoms with Gasteiger partial charge in [-0.1, -0.05) is 102 Å². The molecule has 2 heteroatoms. The van der Waals surface area contributed by atoms with Crippen LogP contribution in [0.3, 0.4) is 0 Å². The Hall–Kier alpha value is -0.240. The second-order valence-electron chi connectivity index (χ2n) is 7.42. The van der Waals surface area contributed by atoms with E-state index in [0.29, 0.717) is 0 Å². The molecule has 142 valence electrons. The molecule has 0 aliphatic carbocycles. The van der Waals surface area contributed by atoms with E-state index in [1.54, 1.807) is 0 Å². The highest BCUT2D eigenvalue weighted by atomic mass is 79.9. The van der Waals surface area contributed by atoms with Gasteiger partial charge in [0, 0.05) is 13.1 Å². The molecule has 24 heavy (non-hydrogen) atoms. The van der Waals surface area contributed by atoms with Crippen LogP contribution >= 0.6 is 17.0 Å². The van der Waals surface area contributed by atoms with Crippen molar-refractivity contribution >= 4 is 17.0 Å². The zero-order valence-electron chi connectivity index (χ0n) is 16.4. The van der Waals surface area contributed by atoms with E-state index in [1.807, 2.05) is 0 Å². The number of hydrogen-bond donors (Lipinski definition) is 0. The molecule has 1 aliphatic heterocycles. The lowest BCUT2D eigenvalue weighted by Gasteiger charge is -2.23. The Morgan fingerprint density at radius 2 is 1.21 bits per heavy atom. The standard InChI is InChI=1S/C22H41N.BrH/c1-3-4-5-6-7-8-9-10-11-12-13-14-15-16-19-23-20-17-18-22(2)21-23;/h17-18,20H,3-16,19,21H2,1-2H3;1H. The lowest BCUT2D eigenvalue weighted by atomic mass is 10.0. The summed E-state index contributed by atoms with van der Waals surface area (Å²) < 4.78 is 0. The summed E-state index contributed by atoms with van der Waals surface area (Å²) in [6, 6.07) is 0. The summed E-state index contributed by atoms with van der Waals surface area (Å²) in [7, 11) is 0. The van der Waals surface area contributed by atoms with Gasteiger partial charge >= 0.3 is 0 Å². The lowest BCUT2D eigenvalue weighted by Crippen LogP contribution is -2.22. The Kier molecular flexibility index (Phi) is 17.4. The summed E-state index contributed by atoms with van der Waals surface area (Å²) in [5, 5.41) is 0. The fourth-order valence-corrected chi connectivity index (χ4v) is 3.42. The topological polar surface area (TPSA) is 3.24 Å². The number of unbranched alkanes of at least 4 members (excludes halogenated alkanes) is 13. The molecule has 0 unspecified atom stereocenters. The Morgan fingerprint density at radius 3 is 1.67 bits per heavy atom. The van der Waals surface area contributed by atoms with Gasteiger partial charge in [0.05, 0.1) is 0 Å². The van der Waals surface area contributed by atoms with Crippen LogP contribution in [0.5, 0.6) is 0 Å². The van der Waals surface area contributed by atoms with Crippen molar-refractivity contribution in [1.29, 1.82) is 0 Å². The third-order valence-corrected chi connectivity index (χ3v) is 4.93. The molecule has 0 bridgehead atoms. The Labute approximate surface area is 162 Å². The van der Waals surface area contributed by atoms with Gasteiger partial charge in [-0.3, -0.25) is 0 Å². The van der Waals surface area contributed by atoms with E-state index < -0.39 is 0 Å². The average molecular weight is 400 g/mol. The maximum absolute atomic E-state index is 2.45. The van der Waals surface area contributed by atoms with Crippen LogP contribution < -0.4 is 0 Å². The molecule has 0 aromatic carbocycles. The summed E-state index contributed by atoms with van der Waals surface area (Å²) in [4.78, 5) is 2.45. The molecular formula is C22H42BrN. The van der Waals surface area contributed by atoms with Crippen molar-refractivity contribution in [3.63, 3.8) is 0 Å². The number of halogens is 1. The van der Waals surface area contributed by atoms with Crippen molar-refractivity contribution in [2.45, 2.75) is 104 Å². The molecule has 0 amide bonds. The largest absolute Gasteiger partial charge is 0.373 e.